The molecular weight excluding hydrogens is 318 g/mol. The van der Waals surface area contributed by atoms with Gasteiger partial charge in [0, 0.05) is 26.8 Å². The Kier molecular flexibility index (Phi) is 5.14. The molecule has 3 N–H and O–H groups in total. The van der Waals surface area contributed by atoms with Gasteiger partial charge in [-0.2, -0.15) is 0 Å². The van der Waals surface area contributed by atoms with Crippen molar-refractivity contribution in [1.29, 1.82) is 0 Å². The Hall–Kier alpha value is -2.67. The SMILES string of the molecule is CCCNC(=O)c1c(N)n(CCCOC)c2nc3ccccc3nc12. The third-order valence-electron chi connectivity index (χ3n) is 4.08. The van der Waals surface area contributed by atoms with Crippen LogP contribution < -0.4 is 11.1 Å². The molecule has 1 amide bonds. The lowest BCUT2D eigenvalue weighted by atomic mass is 10.2. The van der Waals surface area contributed by atoms with E-state index in [1.54, 1.807) is 7.11 Å². The van der Waals surface area contributed by atoms with Gasteiger partial charge in [-0.1, -0.05) is 19.1 Å². The first-order chi connectivity index (χ1) is 12.2. The van der Waals surface area contributed by atoms with Gasteiger partial charge in [-0.3, -0.25) is 4.79 Å². The van der Waals surface area contributed by atoms with Crippen molar-refractivity contribution in [2.75, 3.05) is 26.0 Å². The second-order valence-electron chi connectivity index (χ2n) is 5.90. The number of methoxy groups -OCH3 is 1. The largest absolute Gasteiger partial charge is 0.385 e. The number of hydrogen-bond donors (Lipinski definition) is 2. The van der Waals surface area contributed by atoms with Crippen molar-refractivity contribution in [1.82, 2.24) is 19.9 Å². The Morgan fingerprint density at radius 1 is 1.28 bits per heavy atom. The van der Waals surface area contributed by atoms with Crippen molar-refractivity contribution < 1.29 is 9.53 Å². The molecule has 7 heteroatoms. The quantitative estimate of drug-likeness (QED) is 0.643. The standard InChI is InChI=1S/C18H23N5O2/c1-3-9-20-18(24)14-15-17(23(16(14)19)10-6-11-25-2)22-13-8-5-4-7-12(13)21-15/h4-5,7-8H,3,6,9-11,19H2,1-2H3,(H,20,24). The molecule has 2 heterocycles. The van der Waals surface area contributed by atoms with Gasteiger partial charge in [0.25, 0.3) is 5.91 Å². The molecule has 7 nitrogen and oxygen atoms in total. The molecule has 2 aromatic heterocycles. The lowest BCUT2D eigenvalue weighted by Gasteiger charge is -2.07. The summed E-state index contributed by atoms with van der Waals surface area (Å²) >= 11 is 0. The van der Waals surface area contributed by atoms with Crippen molar-refractivity contribution in [3.05, 3.63) is 29.8 Å². The normalized spacial score (nSPS) is 11.3. The lowest BCUT2D eigenvalue weighted by molar-refractivity contribution is 0.0956. The first-order valence-corrected chi connectivity index (χ1v) is 8.49. The van der Waals surface area contributed by atoms with Crippen LogP contribution in [0.15, 0.2) is 24.3 Å². The van der Waals surface area contributed by atoms with Gasteiger partial charge in [0.15, 0.2) is 5.65 Å². The fraction of sp³-hybridized carbons (Fsp3) is 0.389. The van der Waals surface area contributed by atoms with Crippen LogP contribution in [0.5, 0.6) is 0 Å². The minimum absolute atomic E-state index is 0.209. The monoisotopic (exact) mass is 341 g/mol. The van der Waals surface area contributed by atoms with Crippen LogP contribution in [0.25, 0.3) is 22.2 Å². The molecule has 0 atom stereocenters. The van der Waals surface area contributed by atoms with Gasteiger partial charge in [0.05, 0.1) is 11.0 Å². The van der Waals surface area contributed by atoms with Gasteiger partial charge in [0.1, 0.15) is 16.9 Å². The number of rotatable bonds is 7. The summed E-state index contributed by atoms with van der Waals surface area (Å²) in [5.41, 5.74) is 9.42. The minimum atomic E-state index is -0.209. The van der Waals surface area contributed by atoms with E-state index in [9.17, 15) is 4.79 Å². The Morgan fingerprint density at radius 2 is 2.00 bits per heavy atom. The van der Waals surface area contributed by atoms with E-state index in [0.717, 1.165) is 23.9 Å². The van der Waals surface area contributed by atoms with Crippen LogP contribution in [-0.4, -0.2) is 40.7 Å². The van der Waals surface area contributed by atoms with Crippen LogP contribution >= 0.6 is 0 Å². The molecule has 0 spiro atoms. The summed E-state index contributed by atoms with van der Waals surface area (Å²) in [7, 11) is 1.66. The van der Waals surface area contributed by atoms with E-state index in [-0.39, 0.29) is 5.91 Å². The van der Waals surface area contributed by atoms with Crippen LogP contribution in [-0.2, 0) is 11.3 Å². The van der Waals surface area contributed by atoms with Crippen molar-refractivity contribution in [2.45, 2.75) is 26.3 Å². The molecule has 132 valence electrons. The lowest BCUT2D eigenvalue weighted by Crippen LogP contribution is -2.25. The zero-order valence-electron chi connectivity index (χ0n) is 14.6. The summed E-state index contributed by atoms with van der Waals surface area (Å²) in [6, 6.07) is 7.60. The zero-order chi connectivity index (χ0) is 17.8. The van der Waals surface area contributed by atoms with E-state index >= 15 is 0 Å². The summed E-state index contributed by atoms with van der Waals surface area (Å²) in [4.78, 5) is 22.0. The van der Waals surface area contributed by atoms with Gasteiger partial charge in [-0.25, -0.2) is 9.97 Å². The molecule has 0 aliphatic rings. The number of nitrogen functional groups attached to an aromatic ring is 1. The number of carbonyl (C=O) groups is 1. The number of ether oxygens (including phenoxy) is 1. The molecule has 0 saturated heterocycles. The van der Waals surface area contributed by atoms with Gasteiger partial charge in [-0.15, -0.1) is 0 Å². The summed E-state index contributed by atoms with van der Waals surface area (Å²) in [5, 5.41) is 2.89. The number of aryl methyl sites for hydroxylation is 1. The van der Waals surface area contributed by atoms with Crippen LogP contribution in [0.2, 0.25) is 0 Å². The molecule has 0 saturated carbocycles. The Morgan fingerprint density at radius 3 is 2.68 bits per heavy atom. The molecular formula is C18H23N5O2. The topological polar surface area (TPSA) is 95.1 Å². The number of nitrogens with zero attached hydrogens (tertiary/aromatic N) is 3. The van der Waals surface area contributed by atoms with Crippen molar-refractivity contribution in [2.24, 2.45) is 0 Å². The van der Waals surface area contributed by atoms with E-state index in [0.29, 0.717) is 42.2 Å². The molecule has 0 fully saturated rings. The minimum Gasteiger partial charge on any atom is -0.385 e. The first-order valence-electron chi connectivity index (χ1n) is 8.49. The predicted octanol–water partition coefficient (Wildman–Crippen LogP) is 2.34. The average Bonchev–Trinajstić information content (AvgIpc) is 2.89. The number of para-hydroxylation sites is 2. The second kappa shape index (κ2) is 7.48. The van der Waals surface area contributed by atoms with Gasteiger partial charge >= 0.3 is 0 Å². The molecule has 0 radical (unpaired) electrons. The fourth-order valence-electron chi connectivity index (χ4n) is 2.86. The van der Waals surface area contributed by atoms with Crippen molar-refractivity contribution in [3.63, 3.8) is 0 Å². The van der Waals surface area contributed by atoms with E-state index in [1.165, 1.54) is 0 Å². The molecule has 0 aliphatic carbocycles. The van der Waals surface area contributed by atoms with Gasteiger partial charge < -0.3 is 20.4 Å². The molecule has 3 rings (SSSR count). The third kappa shape index (κ3) is 3.28. The number of benzene rings is 1. The summed E-state index contributed by atoms with van der Waals surface area (Å²) in [6.45, 7) is 3.82. The van der Waals surface area contributed by atoms with E-state index < -0.39 is 0 Å². The van der Waals surface area contributed by atoms with E-state index in [1.807, 2.05) is 35.8 Å². The van der Waals surface area contributed by atoms with Gasteiger partial charge in [0.2, 0.25) is 0 Å². The molecule has 0 bridgehead atoms. The Labute approximate surface area is 146 Å². The Bertz CT molecular complexity index is 903. The van der Waals surface area contributed by atoms with Crippen molar-refractivity contribution >= 4 is 33.9 Å². The van der Waals surface area contributed by atoms with Crippen LogP contribution in [0.4, 0.5) is 5.82 Å². The number of nitrogens with one attached hydrogen (secondary N) is 1. The summed E-state index contributed by atoms with van der Waals surface area (Å²) in [6.07, 6.45) is 1.63. The molecule has 25 heavy (non-hydrogen) atoms. The highest BCUT2D eigenvalue weighted by Gasteiger charge is 2.23. The smallest absolute Gasteiger partial charge is 0.257 e. The maximum atomic E-state index is 12.6. The van der Waals surface area contributed by atoms with E-state index in [2.05, 4.69) is 10.3 Å². The van der Waals surface area contributed by atoms with Crippen LogP contribution in [0.1, 0.15) is 30.1 Å². The summed E-state index contributed by atoms with van der Waals surface area (Å²) < 4.78 is 6.98. The number of nitrogens with two attached hydrogens (primary N) is 1. The highest BCUT2D eigenvalue weighted by Crippen LogP contribution is 2.28. The van der Waals surface area contributed by atoms with Gasteiger partial charge in [-0.05, 0) is 25.0 Å². The average molecular weight is 341 g/mol. The highest BCUT2D eigenvalue weighted by atomic mass is 16.5. The van der Waals surface area contributed by atoms with Crippen LogP contribution in [0.3, 0.4) is 0 Å². The third-order valence-corrected chi connectivity index (χ3v) is 4.08. The molecule has 0 aliphatic heterocycles. The highest BCUT2D eigenvalue weighted by molar-refractivity contribution is 6.10. The maximum absolute atomic E-state index is 12.6. The van der Waals surface area contributed by atoms with Crippen LogP contribution in [0, 0.1) is 0 Å². The number of carbonyl (C=O) groups excluding carboxylic acids is 1. The summed E-state index contributed by atoms with van der Waals surface area (Å²) in [5.74, 6) is 0.189. The maximum Gasteiger partial charge on any atom is 0.257 e. The zero-order valence-corrected chi connectivity index (χ0v) is 14.6. The number of hydrogen-bond acceptors (Lipinski definition) is 5. The predicted molar refractivity (Wildman–Crippen MR) is 98.6 cm³/mol. The number of fused-ring (bicyclic) bond motifs is 2. The first kappa shape index (κ1) is 17.2. The molecule has 0 unspecified atom stereocenters. The second-order valence-corrected chi connectivity index (χ2v) is 5.90. The van der Waals surface area contributed by atoms with Crippen molar-refractivity contribution in [3.8, 4) is 0 Å². The number of amides is 1. The Balaban J connectivity index is 2.17. The molecule has 3 aromatic rings. The number of aromatic nitrogens is 3. The molecule has 1 aromatic carbocycles. The van der Waals surface area contributed by atoms with E-state index in [4.69, 9.17) is 15.5 Å². The number of anilines is 1. The fourth-order valence-corrected chi connectivity index (χ4v) is 2.86.